The molecule has 1 aliphatic carbocycles. The number of rotatable bonds is 7. The van der Waals surface area contributed by atoms with E-state index < -0.39 is 0 Å². The average molecular weight is 398 g/mol. The van der Waals surface area contributed by atoms with E-state index in [1.807, 2.05) is 18.2 Å². The summed E-state index contributed by atoms with van der Waals surface area (Å²) in [6, 6.07) is 4.64. The molecule has 2 aromatic rings. The first kappa shape index (κ1) is 20.0. The molecule has 0 bridgehead atoms. The Morgan fingerprint density at radius 2 is 2.17 bits per heavy atom. The number of ketones is 1. The molecule has 1 unspecified atom stereocenters. The number of carbonyl (C=O) groups is 1. The van der Waals surface area contributed by atoms with Crippen molar-refractivity contribution in [3.05, 3.63) is 53.5 Å². The standard InChI is InChI=1S/C23H27FN2O3/c1-16(27)17-3-6-20(7-4-17)28-14-2-11-26-12-9-18(10-13-26)23-21-8-5-19(24)15-22(21)29-25-23/h3-6,8,15,18,20H,2,7,9-14H2,1H3. The number of nitrogens with zero attached hydrogens (tertiary/aromatic N) is 2. The second kappa shape index (κ2) is 9.01. The number of likely N-dealkylation sites (tertiary alicyclic amines) is 1. The molecule has 4 rings (SSSR count). The number of carbonyl (C=O) groups excluding carboxylic acids is 1. The third-order valence-electron chi connectivity index (χ3n) is 5.85. The first-order valence-electron chi connectivity index (χ1n) is 10.4. The van der Waals surface area contributed by atoms with Gasteiger partial charge in [0.05, 0.1) is 11.8 Å². The maximum atomic E-state index is 13.3. The van der Waals surface area contributed by atoms with Gasteiger partial charge in [-0.1, -0.05) is 23.4 Å². The van der Waals surface area contributed by atoms with Crippen molar-refractivity contribution in [1.82, 2.24) is 10.1 Å². The second-order valence-corrected chi connectivity index (χ2v) is 7.90. The van der Waals surface area contributed by atoms with Crippen molar-refractivity contribution in [3.8, 4) is 0 Å². The van der Waals surface area contributed by atoms with Crippen molar-refractivity contribution < 1.29 is 18.4 Å². The molecule has 1 saturated heterocycles. The van der Waals surface area contributed by atoms with Crippen molar-refractivity contribution >= 4 is 16.8 Å². The Kier molecular flexibility index (Phi) is 6.21. The number of halogens is 1. The SMILES string of the molecule is CC(=O)C1=CCC(OCCCN2CCC(c3noc4cc(F)ccc34)CC2)C=C1. The van der Waals surface area contributed by atoms with E-state index in [-0.39, 0.29) is 17.7 Å². The summed E-state index contributed by atoms with van der Waals surface area (Å²) in [7, 11) is 0. The second-order valence-electron chi connectivity index (χ2n) is 7.90. The van der Waals surface area contributed by atoms with Gasteiger partial charge >= 0.3 is 0 Å². The van der Waals surface area contributed by atoms with Gasteiger partial charge < -0.3 is 14.2 Å². The lowest BCUT2D eigenvalue weighted by atomic mass is 9.91. The Morgan fingerprint density at radius 1 is 1.34 bits per heavy atom. The zero-order valence-electron chi connectivity index (χ0n) is 16.8. The maximum absolute atomic E-state index is 13.3. The van der Waals surface area contributed by atoms with Gasteiger partial charge in [0.1, 0.15) is 5.82 Å². The van der Waals surface area contributed by atoms with E-state index in [4.69, 9.17) is 9.26 Å². The molecule has 0 radical (unpaired) electrons. The summed E-state index contributed by atoms with van der Waals surface area (Å²) in [5.74, 6) is 0.175. The highest BCUT2D eigenvalue weighted by molar-refractivity contribution is 5.96. The molecule has 5 nitrogen and oxygen atoms in total. The third kappa shape index (κ3) is 4.82. The average Bonchev–Trinajstić information content (AvgIpc) is 3.15. The Morgan fingerprint density at radius 3 is 2.90 bits per heavy atom. The van der Waals surface area contributed by atoms with Crippen LogP contribution in [0.2, 0.25) is 0 Å². The fourth-order valence-corrected chi connectivity index (χ4v) is 4.16. The van der Waals surface area contributed by atoms with E-state index in [1.165, 1.54) is 12.1 Å². The first-order chi connectivity index (χ1) is 14.1. The monoisotopic (exact) mass is 398 g/mol. The van der Waals surface area contributed by atoms with Crippen molar-refractivity contribution in [2.45, 2.75) is 44.6 Å². The van der Waals surface area contributed by atoms with Gasteiger partial charge in [0.2, 0.25) is 0 Å². The van der Waals surface area contributed by atoms with Gasteiger partial charge in [0, 0.05) is 36.1 Å². The molecule has 1 aliphatic heterocycles. The topological polar surface area (TPSA) is 55.6 Å². The van der Waals surface area contributed by atoms with E-state index in [1.54, 1.807) is 13.0 Å². The summed E-state index contributed by atoms with van der Waals surface area (Å²) < 4.78 is 24.6. The van der Waals surface area contributed by atoms with Gasteiger partial charge in [-0.25, -0.2) is 4.39 Å². The molecule has 0 spiro atoms. The molecular formula is C23H27FN2O3. The van der Waals surface area contributed by atoms with E-state index in [9.17, 15) is 9.18 Å². The minimum absolute atomic E-state index is 0.0779. The van der Waals surface area contributed by atoms with E-state index in [0.717, 1.165) is 68.6 Å². The molecule has 0 saturated carbocycles. The number of ether oxygens (including phenoxy) is 1. The van der Waals surface area contributed by atoms with Crippen LogP contribution in [0.5, 0.6) is 0 Å². The normalized spacial score (nSPS) is 20.9. The molecule has 1 fully saturated rings. The highest BCUT2D eigenvalue weighted by Gasteiger charge is 2.25. The first-order valence-corrected chi connectivity index (χ1v) is 10.4. The number of fused-ring (bicyclic) bond motifs is 1. The van der Waals surface area contributed by atoms with E-state index in [2.05, 4.69) is 10.1 Å². The molecule has 2 aliphatic rings. The molecule has 154 valence electrons. The Hall–Kier alpha value is -2.31. The summed E-state index contributed by atoms with van der Waals surface area (Å²) in [5.41, 5.74) is 2.27. The van der Waals surface area contributed by atoms with Gasteiger partial charge in [-0.2, -0.15) is 0 Å². The van der Waals surface area contributed by atoms with E-state index >= 15 is 0 Å². The fraction of sp³-hybridized carbons (Fsp3) is 0.478. The molecular weight excluding hydrogens is 371 g/mol. The molecule has 1 aromatic carbocycles. The van der Waals surface area contributed by atoms with Crippen LogP contribution < -0.4 is 0 Å². The maximum Gasteiger partial charge on any atom is 0.170 e. The third-order valence-corrected chi connectivity index (χ3v) is 5.85. The Balaban J connectivity index is 1.18. The minimum atomic E-state index is -0.295. The Bertz CT molecular complexity index is 925. The van der Waals surface area contributed by atoms with Crippen LogP contribution >= 0.6 is 0 Å². The van der Waals surface area contributed by atoms with E-state index in [0.29, 0.717) is 11.5 Å². The van der Waals surface area contributed by atoms with Crippen LogP contribution in [0.25, 0.3) is 11.0 Å². The van der Waals surface area contributed by atoms with Crippen molar-refractivity contribution in [1.29, 1.82) is 0 Å². The van der Waals surface area contributed by atoms with Gasteiger partial charge in [0.15, 0.2) is 11.4 Å². The quantitative estimate of drug-likeness (QED) is 0.647. The summed E-state index contributed by atoms with van der Waals surface area (Å²) in [6.07, 6.45) is 9.71. The fourth-order valence-electron chi connectivity index (χ4n) is 4.16. The molecule has 2 heterocycles. The van der Waals surface area contributed by atoms with Crippen molar-refractivity contribution in [2.24, 2.45) is 0 Å². The predicted octanol–water partition coefficient (Wildman–Crippen LogP) is 4.40. The lowest BCUT2D eigenvalue weighted by Crippen LogP contribution is -2.34. The van der Waals surface area contributed by atoms with Crippen molar-refractivity contribution in [3.63, 3.8) is 0 Å². The molecule has 1 aromatic heterocycles. The number of benzene rings is 1. The zero-order chi connectivity index (χ0) is 20.2. The highest BCUT2D eigenvalue weighted by atomic mass is 19.1. The number of aromatic nitrogens is 1. The number of Topliss-reactive ketones (excluding diaryl/α,β-unsaturated/α-hetero) is 1. The van der Waals surface area contributed by atoms with Crippen LogP contribution in [0, 0.1) is 5.82 Å². The number of hydrogen-bond donors (Lipinski definition) is 0. The van der Waals surface area contributed by atoms with Gasteiger partial charge in [-0.15, -0.1) is 0 Å². The smallest absolute Gasteiger partial charge is 0.170 e. The summed E-state index contributed by atoms with van der Waals surface area (Å²) in [5, 5.41) is 5.15. The van der Waals surface area contributed by atoms with Crippen LogP contribution in [0.4, 0.5) is 4.39 Å². The summed E-state index contributed by atoms with van der Waals surface area (Å²) in [4.78, 5) is 13.8. The zero-order valence-corrected chi connectivity index (χ0v) is 16.8. The highest BCUT2D eigenvalue weighted by Crippen LogP contribution is 2.32. The number of allylic oxidation sites excluding steroid dienone is 2. The predicted molar refractivity (Wildman–Crippen MR) is 109 cm³/mol. The molecule has 0 N–H and O–H groups in total. The van der Waals surface area contributed by atoms with Gasteiger partial charge in [-0.05, 0) is 57.8 Å². The van der Waals surface area contributed by atoms with Gasteiger partial charge in [0.25, 0.3) is 0 Å². The largest absolute Gasteiger partial charge is 0.374 e. The van der Waals surface area contributed by atoms with Crippen LogP contribution in [-0.2, 0) is 9.53 Å². The molecule has 29 heavy (non-hydrogen) atoms. The van der Waals surface area contributed by atoms with Crippen molar-refractivity contribution in [2.75, 3.05) is 26.2 Å². The molecule has 1 atom stereocenters. The lowest BCUT2D eigenvalue weighted by Gasteiger charge is -2.31. The number of hydrogen-bond acceptors (Lipinski definition) is 5. The van der Waals surface area contributed by atoms with Crippen LogP contribution in [0.15, 0.2) is 46.5 Å². The number of piperidine rings is 1. The van der Waals surface area contributed by atoms with Crippen LogP contribution in [0.3, 0.4) is 0 Å². The summed E-state index contributed by atoms with van der Waals surface area (Å²) in [6.45, 7) is 5.37. The van der Waals surface area contributed by atoms with Crippen LogP contribution in [-0.4, -0.2) is 48.2 Å². The Labute approximate surface area is 170 Å². The lowest BCUT2D eigenvalue weighted by molar-refractivity contribution is -0.113. The molecule has 0 amide bonds. The van der Waals surface area contributed by atoms with Gasteiger partial charge in [-0.3, -0.25) is 4.79 Å². The molecule has 6 heteroatoms. The minimum Gasteiger partial charge on any atom is -0.374 e. The van der Waals surface area contributed by atoms with Crippen LogP contribution in [0.1, 0.15) is 44.2 Å². The summed E-state index contributed by atoms with van der Waals surface area (Å²) >= 11 is 0.